The van der Waals surface area contributed by atoms with Crippen LogP contribution in [0, 0.1) is 10.7 Å². The molecule has 0 bridgehead atoms. The maximum atomic E-state index is 11.2. The van der Waals surface area contributed by atoms with Gasteiger partial charge in [0.05, 0.1) is 18.3 Å². The molecule has 0 aliphatic carbocycles. The van der Waals surface area contributed by atoms with E-state index in [1.165, 1.54) is 0 Å². The van der Waals surface area contributed by atoms with Crippen LogP contribution in [0.2, 0.25) is 0 Å². The molecule has 0 aliphatic rings. The zero-order valence-electron chi connectivity index (χ0n) is 7.15. The van der Waals surface area contributed by atoms with Gasteiger partial charge in [-0.3, -0.25) is 9.59 Å². The highest BCUT2D eigenvalue weighted by Gasteiger charge is 2.25. The lowest BCUT2D eigenvalue weighted by Gasteiger charge is -2.11. The third-order valence-corrected chi connectivity index (χ3v) is 5.24. The Kier molecular flexibility index (Phi) is 5.55. The third kappa shape index (κ3) is 2.75. The number of aromatic hydroxyl groups is 1. The van der Waals surface area contributed by atoms with Crippen molar-refractivity contribution in [1.82, 2.24) is 0 Å². The molecule has 0 unspecified atom stereocenters. The third-order valence-electron chi connectivity index (χ3n) is 1.69. The van der Waals surface area contributed by atoms with E-state index in [0.717, 1.165) is 0 Å². The molecule has 1 aromatic rings. The Hall–Kier alpha value is 1.13. The zero-order valence-corrected chi connectivity index (χ0v) is 15.1. The maximum Gasteiger partial charge on any atom is 0.254 e. The highest BCUT2D eigenvalue weighted by Crippen LogP contribution is 2.37. The molecule has 1 aromatic carbocycles. The van der Waals surface area contributed by atoms with Crippen molar-refractivity contribution in [1.29, 1.82) is 0 Å². The number of carbonyl (C=O) groups excluding carboxylic acids is 2. The first-order chi connectivity index (χ1) is 7.29. The van der Waals surface area contributed by atoms with Crippen LogP contribution in [0.5, 0.6) is 5.75 Å². The van der Waals surface area contributed by atoms with Gasteiger partial charge in [-0.2, -0.15) is 0 Å². The molecule has 0 aliphatic heterocycles. The quantitative estimate of drug-likeness (QED) is 0.416. The molecular formula is C8HCl2I3O3. The predicted octanol–water partition coefficient (Wildman–Crippen LogP) is 3.96. The molecule has 0 saturated heterocycles. The van der Waals surface area contributed by atoms with Crippen LogP contribution in [-0.4, -0.2) is 15.6 Å². The molecule has 0 heterocycles. The van der Waals surface area contributed by atoms with E-state index < -0.39 is 10.5 Å². The molecule has 0 atom stereocenters. The Morgan fingerprint density at radius 3 is 1.44 bits per heavy atom. The second kappa shape index (κ2) is 5.85. The summed E-state index contributed by atoms with van der Waals surface area (Å²) in [7, 11) is 0. The van der Waals surface area contributed by atoms with Crippen LogP contribution in [0.3, 0.4) is 0 Å². The molecule has 16 heavy (non-hydrogen) atoms. The SMILES string of the molecule is O=C(Cl)c1c(I)c(O)c(I)c(C(=O)Cl)c1I. The van der Waals surface area contributed by atoms with Crippen molar-refractivity contribution in [3.05, 3.63) is 21.8 Å². The fraction of sp³-hybridized carbons (Fsp3) is 0. The van der Waals surface area contributed by atoms with Crippen molar-refractivity contribution in [3.63, 3.8) is 0 Å². The van der Waals surface area contributed by atoms with Crippen molar-refractivity contribution < 1.29 is 14.7 Å². The molecule has 0 radical (unpaired) electrons. The summed E-state index contributed by atoms with van der Waals surface area (Å²) in [5.74, 6) is -0.158. The molecule has 0 aromatic heterocycles. The van der Waals surface area contributed by atoms with Crippen molar-refractivity contribution in [2.24, 2.45) is 0 Å². The van der Waals surface area contributed by atoms with Gasteiger partial charge in [-0.05, 0) is 91.0 Å². The van der Waals surface area contributed by atoms with Crippen LogP contribution in [-0.2, 0) is 0 Å². The van der Waals surface area contributed by atoms with Gasteiger partial charge >= 0.3 is 0 Å². The molecule has 1 N–H and O–H groups in total. The fourth-order valence-corrected chi connectivity index (χ4v) is 6.16. The number of hydrogen-bond donors (Lipinski definition) is 1. The molecule has 0 fully saturated rings. The summed E-state index contributed by atoms with van der Waals surface area (Å²) in [5.41, 5.74) is 0.203. The summed E-state index contributed by atoms with van der Waals surface area (Å²) < 4.78 is 0.977. The van der Waals surface area contributed by atoms with Gasteiger partial charge in [-0.1, -0.05) is 0 Å². The first kappa shape index (κ1) is 15.2. The number of phenolic OH excluding ortho intramolecular Hbond substituents is 1. The van der Waals surface area contributed by atoms with E-state index in [2.05, 4.69) is 0 Å². The van der Waals surface area contributed by atoms with Gasteiger partial charge in [-0.25, -0.2) is 0 Å². The first-order valence-electron chi connectivity index (χ1n) is 3.58. The Bertz CT molecular complexity index is 461. The van der Waals surface area contributed by atoms with Gasteiger partial charge in [0.15, 0.2) is 0 Å². The number of benzene rings is 1. The van der Waals surface area contributed by atoms with E-state index >= 15 is 0 Å². The Morgan fingerprint density at radius 2 is 1.19 bits per heavy atom. The van der Waals surface area contributed by atoms with Crippen LogP contribution < -0.4 is 0 Å². The monoisotopic (exact) mass is 596 g/mol. The number of phenols is 1. The van der Waals surface area contributed by atoms with E-state index in [4.69, 9.17) is 23.2 Å². The van der Waals surface area contributed by atoms with Gasteiger partial charge in [0.25, 0.3) is 10.5 Å². The highest BCUT2D eigenvalue weighted by molar-refractivity contribution is 14.1. The normalized spacial score (nSPS) is 10.3. The second-order valence-electron chi connectivity index (χ2n) is 2.59. The molecule has 0 spiro atoms. The van der Waals surface area contributed by atoms with E-state index in [-0.39, 0.29) is 16.9 Å². The van der Waals surface area contributed by atoms with Crippen molar-refractivity contribution >= 4 is 101 Å². The van der Waals surface area contributed by atoms with Crippen molar-refractivity contribution in [2.75, 3.05) is 0 Å². The number of carbonyl (C=O) groups is 2. The van der Waals surface area contributed by atoms with Gasteiger partial charge in [-0.15, -0.1) is 0 Å². The predicted molar refractivity (Wildman–Crippen MR) is 86.6 cm³/mol. The van der Waals surface area contributed by atoms with Crippen molar-refractivity contribution in [3.8, 4) is 5.75 Å². The smallest absolute Gasteiger partial charge is 0.254 e. The largest absolute Gasteiger partial charge is 0.506 e. The molecular weight excluding hydrogens is 596 g/mol. The summed E-state index contributed by atoms with van der Waals surface area (Å²) in [6.45, 7) is 0. The highest BCUT2D eigenvalue weighted by atomic mass is 127. The number of halogens is 5. The van der Waals surface area contributed by atoms with Crippen molar-refractivity contribution in [2.45, 2.75) is 0 Å². The maximum absolute atomic E-state index is 11.2. The Labute approximate surface area is 142 Å². The lowest BCUT2D eigenvalue weighted by atomic mass is 10.1. The van der Waals surface area contributed by atoms with Crippen LogP contribution in [0.15, 0.2) is 0 Å². The summed E-state index contributed by atoms with van der Waals surface area (Å²) >= 11 is 16.2. The summed E-state index contributed by atoms with van der Waals surface area (Å²) in [6, 6.07) is 0. The van der Waals surface area contributed by atoms with Crippen LogP contribution in [0.25, 0.3) is 0 Å². The van der Waals surface area contributed by atoms with Gasteiger partial charge in [0, 0.05) is 3.57 Å². The van der Waals surface area contributed by atoms with E-state index in [9.17, 15) is 14.7 Å². The van der Waals surface area contributed by atoms with Gasteiger partial charge in [0.1, 0.15) is 5.75 Å². The van der Waals surface area contributed by atoms with Crippen LogP contribution >= 0.6 is 91.0 Å². The molecule has 0 saturated carbocycles. The standard InChI is InChI=1S/C8HCl2I3O3/c9-7(15)1-3(11)2(8(10)16)5(13)6(14)4(1)12/h14H. The first-order valence-corrected chi connectivity index (χ1v) is 7.57. The fourth-order valence-electron chi connectivity index (χ4n) is 0.996. The summed E-state index contributed by atoms with van der Waals surface area (Å²) in [5, 5.41) is 8.28. The lowest BCUT2D eigenvalue weighted by Crippen LogP contribution is -2.07. The average molecular weight is 597 g/mol. The van der Waals surface area contributed by atoms with Crippen LogP contribution in [0.1, 0.15) is 20.7 Å². The summed E-state index contributed by atoms with van der Waals surface area (Å²) in [4.78, 5) is 22.4. The van der Waals surface area contributed by atoms with E-state index in [1.54, 1.807) is 45.2 Å². The number of rotatable bonds is 2. The van der Waals surface area contributed by atoms with E-state index in [1.807, 2.05) is 22.6 Å². The molecule has 0 amide bonds. The zero-order chi connectivity index (χ0) is 12.6. The average Bonchev–Trinajstić information content (AvgIpc) is 2.13. The topological polar surface area (TPSA) is 54.4 Å². The molecule has 8 heteroatoms. The number of hydrogen-bond acceptors (Lipinski definition) is 3. The minimum Gasteiger partial charge on any atom is -0.506 e. The molecule has 3 nitrogen and oxygen atoms in total. The lowest BCUT2D eigenvalue weighted by molar-refractivity contribution is 0.107. The Morgan fingerprint density at radius 1 is 0.875 bits per heavy atom. The second-order valence-corrected chi connectivity index (χ2v) is 6.51. The summed E-state index contributed by atoms with van der Waals surface area (Å²) in [6.07, 6.45) is 0. The molecule has 1 rings (SSSR count). The minimum atomic E-state index is -0.736. The Balaban J connectivity index is 3.80. The minimum absolute atomic E-state index is 0.102. The molecule has 86 valence electrons. The van der Waals surface area contributed by atoms with E-state index in [0.29, 0.717) is 10.7 Å². The van der Waals surface area contributed by atoms with Crippen LogP contribution in [0.4, 0.5) is 0 Å². The van der Waals surface area contributed by atoms with Gasteiger partial charge in [0.2, 0.25) is 0 Å². The van der Waals surface area contributed by atoms with Gasteiger partial charge < -0.3 is 5.11 Å².